The van der Waals surface area contributed by atoms with Crippen LogP contribution in [0, 0.1) is 0 Å². The summed E-state index contributed by atoms with van der Waals surface area (Å²) in [4.78, 5) is 9.78. The van der Waals surface area contributed by atoms with E-state index in [1.165, 1.54) is 0 Å². The average molecular weight is 192 g/mol. The van der Waals surface area contributed by atoms with Gasteiger partial charge >= 0.3 is 0 Å². The van der Waals surface area contributed by atoms with E-state index in [9.17, 15) is 4.79 Å². The van der Waals surface area contributed by atoms with E-state index in [4.69, 9.17) is 14.6 Å². The molecule has 2 atom stereocenters. The maximum Gasteiger partial charge on any atom is 0.293 e. The number of aliphatic hydroxyl groups excluding tert-OH is 1. The van der Waals surface area contributed by atoms with E-state index in [1.54, 1.807) is 7.11 Å². The number of carbonyl (C=O) groups excluding carboxylic acids is 1. The molecule has 0 aromatic rings. The van der Waals surface area contributed by atoms with Crippen molar-refractivity contribution in [2.24, 2.45) is 0 Å². The first kappa shape index (κ1) is 12.3. The highest BCUT2D eigenvalue weighted by molar-refractivity contribution is 5.36. The van der Waals surface area contributed by atoms with E-state index in [-0.39, 0.29) is 19.2 Å². The summed E-state index contributed by atoms with van der Waals surface area (Å²) in [5, 5.41) is 9.15. The van der Waals surface area contributed by atoms with Crippen molar-refractivity contribution in [3.8, 4) is 0 Å². The largest absolute Gasteiger partial charge is 0.462 e. The van der Waals surface area contributed by atoms with Gasteiger partial charge < -0.3 is 19.3 Å². The molecule has 0 radical (unpaired) electrons. The molecule has 0 amide bonds. The Morgan fingerprint density at radius 3 is 2.62 bits per heavy atom. The predicted octanol–water partition coefficient (Wildman–Crippen LogP) is -0.0806. The molecule has 2 unspecified atom stereocenters. The Hall–Kier alpha value is -0.650. The van der Waals surface area contributed by atoms with Gasteiger partial charge in [-0.15, -0.1) is 0 Å². The molecule has 5 heteroatoms. The summed E-state index contributed by atoms with van der Waals surface area (Å²) in [6, 6.07) is 0. The molecular formula is C8H16O5. The van der Waals surface area contributed by atoms with Gasteiger partial charge in [0.1, 0.15) is 6.61 Å². The van der Waals surface area contributed by atoms with Gasteiger partial charge in [-0.1, -0.05) is 6.92 Å². The minimum absolute atomic E-state index is 0.149. The molecule has 5 nitrogen and oxygen atoms in total. The summed E-state index contributed by atoms with van der Waals surface area (Å²) in [7, 11) is 1.56. The van der Waals surface area contributed by atoms with Crippen molar-refractivity contribution in [3.05, 3.63) is 0 Å². The van der Waals surface area contributed by atoms with Crippen LogP contribution in [0.25, 0.3) is 0 Å². The van der Waals surface area contributed by atoms with E-state index in [0.717, 1.165) is 6.42 Å². The second-order valence-electron chi connectivity index (χ2n) is 2.51. The molecule has 0 aliphatic rings. The molecule has 0 aliphatic carbocycles. The van der Waals surface area contributed by atoms with Crippen LogP contribution in [0.2, 0.25) is 0 Å². The molecule has 0 aromatic heterocycles. The molecular weight excluding hydrogens is 176 g/mol. The van der Waals surface area contributed by atoms with E-state index in [1.807, 2.05) is 6.92 Å². The van der Waals surface area contributed by atoms with E-state index in [2.05, 4.69) is 4.74 Å². The van der Waals surface area contributed by atoms with Crippen molar-refractivity contribution in [1.82, 2.24) is 0 Å². The van der Waals surface area contributed by atoms with E-state index >= 15 is 0 Å². The zero-order valence-corrected chi connectivity index (χ0v) is 7.93. The number of aliphatic hydroxyl groups is 1. The smallest absolute Gasteiger partial charge is 0.293 e. The van der Waals surface area contributed by atoms with Gasteiger partial charge in [-0.25, -0.2) is 0 Å². The van der Waals surface area contributed by atoms with Gasteiger partial charge in [0.2, 0.25) is 0 Å². The first-order chi connectivity index (χ1) is 6.24. The van der Waals surface area contributed by atoms with Gasteiger partial charge in [0, 0.05) is 7.11 Å². The van der Waals surface area contributed by atoms with Crippen LogP contribution in [-0.2, 0) is 19.0 Å². The molecule has 0 spiro atoms. The van der Waals surface area contributed by atoms with Crippen molar-refractivity contribution in [2.75, 3.05) is 20.3 Å². The van der Waals surface area contributed by atoms with Crippen molar-refractivity contribution >= 4 is 6.47 Å². The van der Waals surface area contributed by atoms with Gasteiger partial charge in [0.05, 0.1) is 12.7 Å². The van der Waals surface area contributed by atoms with Crippen molar-refractivity contribution in [3.63, 3.8) is 0 Å². The minimum atomic E-state index is -1.08. The quantitative estimate of drug-likeness (QED) is 0.430. The lowest BCUT2D eigenvalue weighted by atomic mass is 10.3. The summed E-state index contributed by atoms with van der Waals surface area (Å²) in [6.45, 7) is 2.44. The Labute approximate surface area is 77.6 Å². The summed E-state index contributed by atoms with van der Waals surface area (Å²) in [5.74, 6) is 0. The predicted molar refractivity (Wildman–Crippen MR) is 45.1 cm³/mol. The molecule has 0 saturated heterocycles. The number of rotatable bonds is 8. The standard InChI is InChI=1S/C8H16O5/c1-3-7(4-11-2)13-8(10)5-12-6-9/h6-8,10H,3-5H2,1-2H3. The topological polar surface area (TPSA) is 65.0 Å². The second kappa shape index (κ2) is 7.97. The van der Waals surface area contributed by atoms with Crippen LogP contribution in [-0.4, -0.2) is 44.3 Å². The normalized spacial score (nSPS) is 15.0. The molecule has 0 rings (SSSR count). The fraction of sp³-hybridized carbons (Fsp3) is 0.875. The van der Waals surface area contributed by atoms with Crippen LogP contribution < -0.4 is 0 Å². The molecule has 0 aromatic carbocycles. The third-order valence-corrected chi connectivity index (χ3v) is 1.46. The zero-order valence-electron chi connectivity index (χ0n) is 7.93. The highest BCUT2D eigenvalue weighted by Gasteiger charge is 2.12. The van der Waals surface area contributed by atoms with Gasteiger partial charge in [0.25, 0.3) is 6.47 Å². The van der Waals surface area contributed by atoms with Gasteiger partial charge in [0.15, 0.2) is 6.29 Å². The molecule has 0 saturated carbocycles. The van der Waals surface area contributed by atoms with Crippen molar-refractivity contribution < 1.29 is 24.1 Å². The summed E-state index contributed by atoms with van der Waals surface area (Å²) < 4.78 is 14.3. The first-order valence-electron chi connectivity index (χ1n) is 4.12. The van der Waals surface area contributed by atoms with Crippen LogP contribution in [0.5, 0.6) is 0 Å². The number of methoxy groups -OCH3 is 1. The average Bonchev–Trinajstić information content (AvgIpc) is 2.14. The molecule has 0 fully saturated rings. The highest BCUT2D eigenvalue weighted by Crippen LogP contribution is 2.01. The maximum atomic E-state index is 9.78. The lowest BCUT2D eigenvalue weighted by molar-refractivity contribution is -0.178. The van der Waals surface area contributed by atoms with E-state index < -0.39 is 6.29 Å². The van der Waals surface area contributed by atoms with Crippen molar-refractivity contribution in [1.29, 1.82) is 0 Å². The molecule has 0 aliphatic heterocycles. The number of hydrogen-bond donors (Lipinski definition) is 1. The number of ether oxygens (including phenoxy) is 3. The summed E-state index contributed by atoms with van der Waals surface area (Å²) in [6.07, 6.45) is -0.521. The van der Waals surface area contributed by atoms with Crippen LogP contribution in [0.15, 0.2) is 0 Å². The lowest BCUT2D eigenvalue weighted by Gasteiger charge is -2.18. The van der Waals surface area contributed by atoms with Crippen molar-refractivity contribution in [2.45, 2.75) is 25.7 Å². The van der Waals surface area contributed by atoms with Crippen LogP contribution in [0.4, 0.5) is 0 Å². The van der Waals surface area contributed by atoms with Crippen LogP contribution in [0.3, 0.4) is 0 Å². The number of hydrogen-bond acceptors (Lipinski definition) is 5. The van der Waals surface area contributed by atoms with Gasteiger partial charge in [-0.3, -0.25) is 4.79 Å². The maximum absolute atomic E-state index is 9.78. The Morgan fingerprint density at radius 1 is 1.46 bits per heavy atom. The Balaban J connectivity index is 3.58. The molecule has 0 bridgehead atoms. The Kier molecular flexibility index (Phi) is 7.57. The minimum Gasteiger partial charge on any atom is -0.462 e. The van der Waals surface area contributed by atoms with Crippen LogP contribution >= 0.6 is 0 Å². The number of carbonyl (C=O) groups is 1. The second-order valence-corrected chi connectivity index (χ2v) is 2.51. The van der Waals surface area contributed by atoms with E-state index in [0.29, 0.717) is 6.61 Å². The van der Waals surface area contributed by atoms with Gasteiger partial charge in [-0.05, 0) is 6.42 Å². The summed E-state index contributed by atoms with van der Waals surface area (Å²) >= 11 is 0. The zero-order chi connectivity index (χ0) is 10.1. The fourth-order valence-electron chi connectivity index (χ4n) is 0.822. The fourth-order valence-corrected chi connectivity index (χ4v) is 0.822. The monoisotopic (exact) mass is 192 g/mol. The Morgan fingerprint density at radius 2 is 2.15 bits per heavy atom. The molecule has 0 heterocycles. The molecule has 1 N–H and O–H groups in total. The third kappa shape index (κ3) is 6.51. The molecule has 13 heavy (non-hydrogen) atoms. The first-order valence-corrected chi connectivity index (χ1v) is 4.12. The lowest BCUT2D eigenvalue weighted by Crippen LogP contribution is -2.28. The third-order valence-electron chi connectivity index (χ3n) is 1.46. The SMILES string of the molecule is CCC(COC)OC(O)COC=O. The highest BCUT2D eigenvalue weighted by atomic mass is 16.6. The van der Waals surface area contributed by atoms with Gasteiger partial charge in [-0.2, -0.15) is 0 Å². The van der Waals surface area contributed by atoms with Crippen LogP contribution in [0.1, 0.15) is 13.3 Å². The Bertz CT molecular complexity index is 128. The molecule has 78 valence electrons. The summed E-state index contributed by atoms with van der Waals surface area (Å²) in [5.41, 5.74) is 0.